The first-order chi connectivity index (χ1) is 5.77. The Kier molecular flexibility index (Phi) is 1.60. The Morgan fingerprint density at radius 3 is 2.83 bits per heavy atom. The molecule has 0 saturated carbocycles. The Bertz CT molecular complexity index is 293. The molecule has 2 rings (SSSR count). The number of aromatic amines is 1. The van der Waals surface area contributed by atoms with Gasteiger partial charge in [0.15, 0.2) is 5.82 Å². The topological polar surface area (TPSA) is 71.8 Å². The lowest BCUT2D eigenvalue weighted by molar-refractivity contribution is 0.0991. The third kappa shape index (κ3) is 1.09. The van der Waals surface area contributed by atoms with Gasteiger partial charge in [-0.25, -0.2) is 4.98 Å². The van der Waals surface area contributed by atoms with Crippen LogP contribution in [0.1, 0.15) is 34.8 Å². The van der Waals surface area contributed by atoms with Crippen molar-refractivity contribution in [3.63, 3.8) is 0 Å². The molecule has 4 heteroatoms. The van der Waals surface area contributed by atoms with E-state index in [4.69, 9.17) is 5.73 Å². The van der Waals surface area contributed by atoms with Crippen LogP contribution in [0.2, 0.25) is 0 Å². The first-order valence-corrected chi connectivity index (χ1v) is 4.15. The van der Waals surface area contributed by atoms with Crippen molar-refractivity contribution >= 4 is 5.91 Å². The second-order valence-electron chi connectivity index (χ2n) is 3.08. The minimum absolute atomic E-state index is 0.307. The summed E-state index contributed by atoms with van der Waals surface area (Å²) in [7, 11) is 0. The predicted molar refractivity (Wildman–Crippen MR) is 43.7 cm³/mol. The minimum Gasteiger partial charge on any atom is -0.363 e. The van der Waals surface area contributed by atoms with Crippen LogP contribution in [0.4, 0.5) is 0 Å². The summed E-state index contributed by atoms with van der Waals surface area (Å²) in [5.41, 5.74) is 7.21. The molecule has 0 radical (unpaired) electrons. The number of imidazole rings is 1. The van der Waals surface area contributed by atoms with E-state index in [2.05, 4.69) is 9.97 Å². The SMILES string of the molecule is NC(=O)c1nc2c([nH]1)CCCC2. The fourth-order valence-corrected chi connectivity index (χ4v) is 1.57. The summed E-state index contributed by atoms with van der Waals surface area (Å²) < 4.78 is 0. The highest BCUT2D eigenvalue weighted by molar-refractivity contribution is 5.89. The highest BCUT2D eigenvalue weighted by atomic mass is 16.1. The number of carbonyl (C=O) groups is 1. The van der Waals surface area contributed by atoms with Crippen LogP contribution in [0, 0.1) is 0 Å². The van der Waals surface area contributed by atoms with Gasteiger partial charge in [0.05, 0.1) is 5.69 Å². The van der Waals surface area contributed by atoms with Gasteiger partial charge in [0.2, 0.25) is 0 Å². The number of H-pyrrole nitrogens is 1. The van der Waals surface area contributed by atoms with E-state index in [9.17, 15) is 4.79 Å². The third-order valence-corrected chi connectivity index (χ3v) is 2.19. The van der Waals surface area contributed by atoms with E-state index in [0.717, 1.165) is 30.7 Å². The maximum atomic E-state index is 10.7. The normalized spacial score (nSPS) is 15.7. The van der Waals surface area contributed by atoms with Crippen LogP contribution >= 0.6 is 0 Å². The van der Waals surface area contributed by atoms with E-state index in [1.807, 2.05) is 0 Å². The van der Waals surface area contributed by atoms with Crippen LogP contribution in [-0.2, 0) is 12.8 Å². The molecule has 0 bridgehead atoms. The Hall–Kier alpha value is -1.32. The molecule has 1 aliphatic rings. The first-order valence-electron chi connectivity index (χ1n) is 4.15. The number of primary amides is 1. The molecular formula is C8H11N3O. The highest BCUT2D eigenvalue weighted by Gasteiger charge is 2.15. The molecule has 0 saturated heterocycles. The van der Waals surface area contributed by atoms with Crippen molar-refractivity contribution in [2.45, 2.75) is 25.7 Å². The summed E-state index contributed by atoms with van der Waals surface area (Å²) >= 11 is 0. The van der Waals surface area contributed by atoms with Gasteiger partial charge in [-0.1, -0.05) is 0 Å². The maximum Gasteiger partial charge on any atom is 0.284 e. The Morgan fingerprint density at radius 2 is 2.17 bits per heavy atom. The van der Waals surface area contributed by atoms with Crippen LogP contribution < -0.4 is 5.73 Å². The summed E-state index contributed by atoms with van der Waals surface area (Å²) in [6.45, 7) is 0. The van der Waals surface area contributed by atoms with Crippen LogP contribution in [0.3, 0.4) is 0 Å². The van der Waals surface area contributed by atoms with E-state index in [1.165, 1.54) is 6.42 Å². The number of nitrogens with one attached hydrogen (secondary N) is 1. The van der Waals surface area contributed by atoms with Gasteiger partial charge in [0.25, 0.3) is 5.91 Å². The van der Waals surface area contributed by atoms with Gasteiger partial charge in [-0.3, -0.25) is 4.79 Å². The molecule has 1 aromatic rings. The van der Waals surface area contributed by atoms with Crippen molar-refractivity contribution in [3.8, 4) is 0 Å². The zero-order valence-corrected chi connectivity index (χ0v) is 6.76. The van der Waals surface area contributed by atoms with Crippen LogP contribution in [-0.4, -0.2) is 15.9 Å². The van der Waals surface area contributed by atoms with Crippen LogP contribution in [0.5, 0.6) is 0 Å². The van der Waals surface area contributed by atoms with E-state index in [0.29, 0.717) is 5.82 Å². The van der Waals surface area contributed by atoms with Crippen molar-refractivity contribution in [1.82, 2.24) is 9.97 Å². The molecule has 1 aromatic heterocycles. The van der Waals surface area contributed by atoms with E-state index in [1.54, 1.807) is 0 Å². The van der Waals surface area contributed by atoms with E-state index < -0.39 is 5.91 Å². The molecule has 0 fully saturated rings. The number of fused-ring (bicyclic) bond motifs is 1. The van der Waals surface area contributed by atoms with Crippen LogP contribution in [0.15, 0.2) is 0 Å². The number of nitrogens with two attached hydrogens (primary N) is 1. The summed E-state index contributed by atoms with van der Waals surface area (Å²) in [6.07, 6.45) is 4.30. The fourth-order valence-electron chi connectivity index (χ4n) is 1.57. The molecule has 0 atom stereocenters. The standard InChI is InChI=1S/C8H11N3O/c9-7(12)8-10-5-3-1-2-4-6(5)11-8/h1-4H2,(H2,9,12)(H,10,11). The van der Waals surface area contributed by atoms with Crippen molar-refractivity contribution in [3.05, 3.63) is 17.2 Å². The van der Waals surface area contributed by atoms with Gasteiger partial charge in [-0.15, -0.1) is 0 Å². The van der Waals surface area contributed by atoms with Gasteiger partial charge >= 0.3 is 0 Å². The number of aromatic nitrogens is 2. The van der Waals surface area contributed by atoms with Crippen LogP contribution in [0.25, 0.3) is 0 Å². The second kappa shape index (κ2) is 2.62. The summed E-state index contributed by atoms with van der Waals surface area (Å²) in [6, 6.07) is 0. The average Bonchev–Trinajstić information content (AvgIpc) is 2.46. The molecule has 1 aliphatic carbocycles. The average molecular weight is 165 g/mol. The molecule has 0 aromatic carbocycles. The minimum atomic E-state index is -0.468. The van der Waals surface area contributed by atoms with Gasteiger partial charge in [-0.2, -0.15) is 0 Å². The van der Waals surface area contributed by atoms with Crippen molar-refractivity contribution in [2.24, 2.45) is 5.73 Å². The first kappa shape index (κ1) is 7.34. The summed E-state index contributed by atoms with van der Waals surface area (Å²) in [5.74, 6) is -0.161. The summed E-state index contributed by atoms with van der Waals surface area (Å²) in [4.78, 5) is 17.8. The number of hydrogen-bond acceptors (Lipinski definition) is 2. The van der Waals surface area contributed by atoms with E-state index in [-0.39, 0.29) is 0 Å². The predicted octanol–water partition coefficient (Wildman–Crippen LogP) is 0.387. The lowest BCUT2D eigenvalue weighted by Crippen LogP contribution is -2.12. The molecule has 1 heterocycles. The smallest absolute Gasteiger partial charge is 0.284 e. The lowest BCUT2D eigenvalue weighted by Gasteiger charge is -2.07. The zero-order chi connectivity index (χ0) is 8.55. The maximum absolute atomic E-state index is 10.7. The Balaban J connectivity index is 2.38. The third-order valence-electron chi connectivity index (χ3n) is 2.19. The lowest BCUT2D eigenvalue weighted by atomic mass is 10.0. The van der Waals surface area contributed by atoms with Gasteiger partial charge in [0.1, 0.15) is 0 Å². The Morgan fingerprint density at radius 1 is 1.42 bits per heavy atom. The number of amides is 1. The molecule has 0 unspecified atom stereocenters. The molecule has 3 N–H and O–H groups in total. The van der Waals surface area contributed by atoms with Gasteiger partial charge < -0.3 is 10.7 Å². The molecule has 1 amide bonds. The molecule has 0 spiro atoms. The second-order valence-corrected chi connectivity index (χ2v) is 3.08. The number of nitrogens with zero attached hydrogens (tertiary/aromatic N) is 1. The van der Waals surface area contributed by atoms with E-state index >= 15 is 0 Å². The molecule has 4 nitrogen and oxygen atoms in total. The summed E-state index contributed by atoms with van der Waals surface area (Å²) in [5, 5.41) is 0. The fraction of sp³-hybridized carbons (Fsp3) is 0.500. The van der Waals surface area contributed by atoms with Crippen molar-refractivity contribution in [1.29, 1.82) is 0 Å². The molecule has 64 valence electrons. The zero-order valence-electron chi connectivity index (χ0n) is 6.76. The van der Waals surface area contributed by atoms with Gasteiger partial charge in [-0.05, 0) is 25.7 Å². The van der Waals surface area contributed by atoms with Crippen molar-refractivity contribution in [2.75, 3.05) is 0 Å². The molecular weight excluding hydrogens is 154 g/mol. The number of rotatable bonds is 1. The molecule has 12 heavy (non-hydrogen) atoms. The highest BCUT2D eigenvalue weighted by Crippen LogP contribution is 2.18. The Labute approximate surface area is 70.2 Å². The number of hydrogen-bond donors (Lipinski definition) is 2. The quantitative estimate of drug-likeness (QED) is 0.631. The van der Waals surface area contributed by atoms with Gasteiger partial charge in [0, 0.05) is 5.69 Å². The monoisotopic (exact) mass is 165 g/mol. The number of carbonyl (C=O) groups excluding carboxylic acids is 1. The largest absolute Gasteiger partial charge is 0.363 e. The molecule has 0 aliphatic heterocycles. The van der Waals surface area contributed by atoms with Crippen molar-refractivity contribution < 1.29 is 4.79 Å². The number of aryl methyl sites for hydroxylation is 2.